The zero-order chi connectivity index (χ0) is 13.8. The van der Waals surface area contributed by atoms with Crippen molar-refractivity contribution in [2.24, 2.45) is 0 Å². The van der Waals surface area contributed by atoms with Gasteiger partial charge in [0.15, 0.2) is 0 Å². The van der Waals surface area contributed by atoms with E-state index in [2.05, 4.69) is 39.6 Å². The fourth-order valence-electron chi connectivity index (χ4n) is 2.88. The van der Waals surface area contributed by atoms with Crippen molar-refractivity contribution in [3.63, 3.8) is 0 Å². The molecular formula is C16H19N3O. The Bertz CT molecular complexity index is 532. The predicted octanol–water partition coefficient (Wildman–Crippen LogP) is 2.03. The molecule has 0 amide bonds. The molecule has 1 saturated heterocycles. The first-order chi connectivity index (χ1) is 9.86. The van der Waals surface area contributed by atoms with E-state index in [1.807, 2.05) is 30.5 Å². The second-order valence-electron chi connectivity index (χ2n) is 5.28. The van der Waals surface area contributed by atoms with E-state index in [9.17, 15) is 5.21 Å². The summed E-state index contributed by atoms with van der Waals surface area (Å²) in [6.07, 6.45) is 1.81. The lowest BCUT2D eigenvalue weighted by molar-refractivity contribution is 0.121. The minimum Gasteiger partial charge on any atom is -0.316 e. The van der Waals surface area contributed by atoms with Crippen molar-refractivity contribution >= 4 is 0 Å². The number of aromatic nitrogens is 1. The second kappa shape index (κ2) is 6.13. The highest BCUT2D eigenvalue weighted by Crippen LogP contribution is 2.27. The minimum absolute atomic E-state index is 0.0358. The Morgan fingerprint density at radius 2 is 1.90 bits per heavy atom. The molecule has 1 aliphatic rings. The number of rotatable bonds is 4. The summed E-state index contributed by atoms with van der Waals surface area (Å²) in [5, 5.41) is 9.38. The Balaban J connectivity index is 1.71. The van der Waals surface area contributed by atoms with Crippen LogP contribution in [0.4, 0.5) is 0 Å². The Hall–Kier alpha value is -1.75. The van der Waals surface area contributed by atoms with E-state index in [0.29, 0.717) is 0 Å². The molecule has 1 aromatic heterocycles. The fourth-order valence-corrected chi connectivity index (χ4v) is 2.88. The molecule has 0 radical (unpaired) electrons. The topological polar surface area (TPSA) is 48.4 Å². The summed E-state index contributed by atoms with van der Waals surface area (Å²) in [5.41, 5.74) is 4.78. The third-order valence-corrected chi connectivity index (χ3v) is 3.88. The van der Waals surface area contributed by atoms with Crippen LogP contribution in [0.25, 0.3) is 0 Å². The summed E-state index contributed by atoms with van der Waals surface area (Å²) in [5.74, 6) is 0.227. The van der Waals surface area contributed by atoms with Crippen LogP contribution in [-0.2, 0) is 6.54 Å². The third-order valence-electron chi connectivity index (χ3n) is 3.88. The molecule has 0 saturated carbocycles. The molecule has 2 unspecified atom stereocenters. The highest BCUT2D eigenvalue weighted by atomic mass is 16.5. The lowest BCUT2D eigenvalue weighted by Gasteiger charge is -2.15. The Morgan fingerprint density at radius 3 is 2.60 bits per heavy atom. The summed E-state index contributed by atoms with van der Waals surface area (Å²) in [6.45, 7) is 2.64. The van der Waals surface area contributed by atoms with Crippen molar-refractivity contribution in [1.29, 1.82) is 0 Å². The summed E-state index contributed by atoms with van der Waals surface area (Å²) in [7, 11) is 0. The molecule has 2 atom stereocenters. The maximum Gasteiger partial charge on any atom is 0.0542 e. The molecule has 2 N–H and O–H groups in total. The number of nitrogens with one attached hydrogen (secondary N) is 1. The van der Waals surface area contributed by atoms with Crippen molar-refractivity contribution in [2.75, 3.05) is 13.1 Å². The van der Waals surface area contributed by atoms with Gasteiger partial charge in [0.1, 0.15) is 0 Å². The van der Waals surface area contributed by atoms with Crippen LogP contribution in [0.3, 0.4) is 0 Å². The van der Waals surface area contributed by atoms with Crippen molar-refractivity contribution < 1.29 is 5.21 Å². The molecule has 2 heterocycles. The van der Waals surface area contributed by atoms with E-state index in [-0.39, 0.29) is 12.0 Å². The molecular weight excluding hydrogens is 250 g/mol. The standard InChI is InChI=1S/C16H19N3O/c20-18-16-12-19(10-13-6-2-1-3-7-13)11-14(16)15-8-4-5-9-17-15/h1-9,14,16,18,20H,10-12H2. The molecule has 104 valence electrons. The first-order valence-electron chi connectivity index (χ1n) is 6.93. The average Bonchev–Trinajstić information content (AvgIpc) is 2.92. The molecule has 0 spiro atoms. The van der Waals surface area contributed by atoms with Gasteiger partial charge in [0.2, 0.25) is 0 Å². The monoisotopic (exact) mass is 269 g/mol. The van der Waals surface area contributed by atoms with Gasteiger partial charge in [0.25, 0.3) is 0 Å². The van der Waals surface area contributed by atoms with Gasteiger partial charge in [-0.1, -0.05) is 36.4 Å². The Labute approximate surface area is 119 Å². The zero-order valence-corrected chi connectivity index (χ0v) is 11.3. The smallest absolute Gasteiger partial charge is 0.0542 e. The largest absolute Gasteiger partial charge is 0.316 e. The van der Waals surface area contributed by atoms with Gasteiger partial charge in [-0.3, -0.25) is 9.88 Å². The van der Waals surface area contributed by atoms with Crippen LogP contribution in [-0.4, -0.2) is 34.2 Å². The van der Waals surface area contributed by atoms with E-state index < -0.39 is 0 Å². The third kappa shape index (κ3) is 2.88. The minimum atomic E-state index is 0.0358. The van der Waals surface area contributed by atoms with E-state index >= 15 is 0 Å². The number of hydroxylamine groups is 1. The summed E-state index contributed by atoms with van der Waals surface area (Å²) < 4.78 is 0. The number of nitrogens with zero attached hydrogens (tertiary/aromatic N) is 2. The Morgan fingerprint density at radius 1 is 1.10 bits per heavy atom. The quantitative estimate of drug-likeness (QED) is 0.834. The number of likely N-dealkylation sites (tertiary alicyclic amines) is 1. The molecule has 3 rings (SSSR count). The lowest BCUT2D eigenvalue weighted by Crippen LogP contribution is -2.33. The Kier molecular flexibility index (Phi) is 4.06. The maximum absolute atomic E-state index is 9.38. The van der Waals surface area contributed by atoms with Crippen LogP contribution in [0.1, 0.15) is 17.2 Å². The van der Waals surface area contributed by atoms with Crippen molar-refractivity contribution in [3.05, 3.63) is 66.0 Å². The van der Waals surface area contributed by atoms with Crippen molar-refractivity contribution in [1.82, 2.24) is 15.4 Å². The van der Waals surface area contributed by atoms with Crippen LogP contribution in [0, 0.1) is 0 Å². The van der Waals surface area contributed by atoms with E-state index in [1.165, 1.54) is 5.56 Å². The molecule has 0 aliphatic carbocycles. The fraction of sp³-hybridized carbons (Fsp3) is 0.312. The molecule has 2 aromatic rings. The van der Waals surface area contributed by atoms with Gasteiger partial charge in [-0.05, 0) is 17.7 Å². The highest BCUT2D eigenvalue weighted by Gasteiger charge is 2.34. The predicted molar refractivity (Wildman–Crippen MR) is 77.4 cm³/mol. The summed E-state index contributed by atoms with van der Waals surface area (Å²) >= 11 is 0. The van der Waals surface area contributed by atoms with Gasteiger partial charge in [0, 0.05) is 37.4 Å². The zero-order valence-electron chi connectivity index (χ0n) is 11.3. The number of benzene rings is 1. The van der Waals surface area contributed by atoms with Crippen LogP contribution in [0.2, 0.25) is 0 Å². The lowest BCUT2D eigenvalue weighted by atomic mass is 10.00. The highest BCUT2D eigenvalue weighted by molar-refractivity contribution is 5.18. The van der Waals surface area contributed by atoms with Crippen molar-refractivity contribution in [2.45, 2.75) is 18.5 Å². The number of hydrogen-bond acceptors (Lipinski definition) is 4. The van der Waals surface area contributed by atoms with Crippen LogP contribution >= 0.6 is 0 Å². The van der Waals surface area contributed by atoms with Crippen molar-refractivity contribution in [3.8, 4) is 0 Å². The maximum atomic E-state index is 9.38. The molecule has 4 heteroatoms. The van der Waals surface area contributed by atoms with Crippen LogP contribution < -0.4 is 5.48 Å². The van der Waals surface area contributed by atoms with Gasteiger partial charge < -0.3 is 5.21 Å². The molecule has 1 aliphatic heterocycles. The molecule has 0 bridgehead atoms. The second-order valence-corrected chi connectivity index (χ2v) is 5.28. The van der Waals surface area contributed by atoms with Gasteiger partial charge in [-0.15, -0.1) is 0 Å². The number of hydrogen-bond donors (Lipinski definition) is 2. The van der Waals surface area contributed by atoms with E-state index in [4.69, 9.17) is 0 Å². The molecule has 20 heavy (non-hydrogen) atoms. The van der Waals surface area contributed by atoms with Gasteiger partial charge in [-0.25, -0.2) is 5.48 Å². The first kappa shape index (κ1) is 13.2. The number of pyridine rings is 1. The van der Waals surface area contributed by atoms with E-state index in [0.717, 1.165) is 25.3 Å². The summed E-state index contributed by atoms with van der Waals surface area (Å²) in [4.78, 5) is 6.77. The molecule has 1 aromatic carbocycles. The average molecular weight is 269 g/mol. The van der Waals surface area contributed by atoms with Gasteiger partial charge in [-0.2, -0.15) is 0 Å². The molecule has 4 nitrogen and oxygen atoms in total. The normalized spacial score (nSPS) is 23.1. The van der Waals surface area contributed by atoms with E-state index in [1.54, 1.807) is 0 Å². The first-order valence-corrected chi connectivity index (χ1v) is 6.93. The van der Waals surface area contributed by atoms with Crippen LogP contribution in [0.15, 0.2) is 54.7 Å². The van der Waals surface area contributed by atoms with Crippen LogP contribution in [0.5, 0.6) is 0 Å². The SMILES string of the molecule is ONC1CN(Cc2ccccc2)CC1c1ccccn1. The van der Waals surface area contributed by atoms with Gasteiger partial charge in [0.05, 0.1) is 6.04 Å². The molecule has 1 fully saturated rings. The van der Waals surface area contributed by atoms with Gasteiger partial charge >= 0.3 is 0 Å². The summed E-state index contributed by atoms with van der Waals surface area (Å²) in [6, 6.07) is 16.4.